The second-order valence-electron chi connectivity index (χ2n) is 4.01. The lowest BCUT2D eigenvalue weighted by Crippen LogP contribution is -2.25. The number of methoxy groups -OCH3 is 1. The summed E-state index contributed by atoms with van der Waals surface area (Å²) in [5.74, 6) is 0.700. The number of nitrogens with zero attached hydrogens (tertiary/aromatic N) is 1. The first-order valence-electron chi connectivity index (χ1n) is 5.35. The molecule has 16 heavy (non-hydrogen) atoms. The fraction of sp³-hybridized carbons (Fsp3) is 0.500. The zero-order valence-electron chi connectivity index (χ0n) is 10.0. The lowest BCUT2D eigenvalue weighted by molar-refractivity contribution is 0.415. The van der Waals surface area contributed by atoms with Crippen LogP contribution in [-0.2, 0) is 0 Å². The molecule has 0 heterocycles. The number of hydrogen-bond acceptors (Lipinski definition) is 3. The number of rotatable bonds is 5. The Morgan fingerprint density at radius 3 is 2.69 bits per heavy atom. The van der Waals surface area contributed by atoms with Crippen molar-refractivity contribution < 1.29 is 4.74 Å². The summed E-state index contributed by atoms with van der Waals surface area (Å²) in [7, 11) is 3.64. The molecule has 4 heteroatoms. The summed E-state index contributed by atoms with van der Waals surface area (Å²) in [6, 6.07) is 5.99. The largest absolute Gasteiger partial charge is 0.495 e. The highest BCUT2D eigenvalue weighted by atomic mass is 35.5. The van der Waals surface area contributed by atoms with E-state index < -0.39 is 0 Å². The van der Waals surface area contributed by atoms with Crippen LogP contribution in [0.2, 0.25) is 5.02 Å². The molecule has 1 rings (SSSR count). The quantitative estimate of drug-likeness (QED) is 0.863. The monoisotopic (exact) mass is 242 g/mol. The van der Waals surface area contributed by atoms with Gasteiger partial charge in [0, 0.05) is 25.3 Å². The molecule has 0 radical (unpaired) electrons. The Labute approximate surface area is 102 Å². The average molecular weight is 243 g/mol. The Kier molecular flexibility index (Phi) is 4.90. The molecule has 0 aromatic heterocycles. The van der Waals surface area contributed by atoms with Gasteiger partial charge in [-0.05, 0) is 31.5 Å². The van der Waals surface area contributed by atoms with Crippen LogP contribution in [0.1, 0.15) is 13.3 Å². The van der Waals surface area contributed by atoms with Gasteiger partial charge in [-0.25, -0.2) is 0 Å². The van der Waals surface area contributed by atoms with E-state index in [1.165, 1.54) is 0 Å². The van der Waals surface area contributed by atoms with E-state index >= 15 is 0 Å². The fourth-order valence-electron chi connectivity index (χ4n) is 1.42. The summed E-state index contributed by atoms with van der Waals surface area (Å²) >= 11 is 6.06. The van der Waals surface area contributed by atoms with Crippen LogP contribution >= 0.6 is 11.6 Å². The SMILES string of the molecule is COc1ccc(N(C)CCC(C)N)cc1Cl. The number of ether oxygens (including phenoxy) is 1. The Morgan fingerprint density at radius 2 is 2.19 bits per heavy atom. The molecule has 0 fully saturated rings. The summed E-state index contributed by atoms with van der Waals surface area (Å²) in [5, 5.41) is 0.632. The molecule has 0 aliphatic rings. The Balaban J connectivity index is 2.69. The molecule has 1 aromatic carbocycles. The van der Waals surface area contributed by atoms with Crippen molar-refractivity contribution in [2.45, 2.75) is 19.4 Å². The standard InChI is InChI=1S/C12H19ClN2O/c1-9(14)6-7-15(2)10-4-5-12(16-3)11(13)8-10/h4-5,8-9H,6-7,14H2,1-3H3. The molecule has 0 saturated heterocycles. The van der Waals surface area contributed by atoms with E-state index in [2.05, 4.69) is 4.90 Å². The van der Waals surface area contributed by atoms with E-state index in [1.54, 1.807) is 7.11 Å². The van der Waals surface area contributed by atoms with Crippen LogP contribution in [0.4, 0.5) is 5.69 Å². The molecule has 0 bridgehead atoms. The summed E-state index contributed by atoms with van der Waals surface area (Å²) in [6.07, 6.45) is 0.958. The van der Waals surface area contributed by atoms with Crippen LogP contribution in [0.3, 0.4) is 0 Å². The number of benzene rings is 1. The normalized spacial score (nSPS) is 12.3. The summed E-state index contributed by atoms with van der Waals surface area (Å²) in [6.45, 7) is 2.93. The van der Waals surface area contributed by atoms with Gasteiger partial charge in [0.05, 0.1) is 12.1 Å². The van der Waals surface area contributed by atoms with Gasteiger partial charge in [-0.15, -0.1) is 0 Å². The van der Waals surface area contributed by atoms with Crippen molar-refractivity contribution in [3.05, 3.63) is 23.2 Å². The molecule has 0 saturated carbocycles. The van der Waals surface area contributed by atoms with Crippen molar-refractivity contribution in [3.8, 4) is 5.75 Å². The van der Waals surface area contributed by atoms with E-state index in [9.17, 15) is 0 Å². The molecule has 1 aromatic rings. The number of anilines is 1. The van der Waals surface area contributed by atoms with E-state index in [0.717, 1.165) is 18.7 Å². The van der Waals surface area contributed by atoms with Crippen LogP contribution < -0.4 is 15.4 Å². The van der Waals surface area contributed by atoms with Gasteiger partial charge in [-0.2, -0.15) is 0 Å². The highest BCUT2D eigenvalue weighted by molar-refractivity contribution is 6.32. The maximum absolute atomic E-state index is 6.06. The molecule has 3 nitrogen and oxygen atoms in total. The molecule has 0 aliphatic carbocycles. The highest BCUT2D eigenvalue weighted by Crippen LogP contribution is 2.28. The van der Waals surface area contributed by atoms with Gasteiger partial charge in [-0.1, -0.05) is 11.6 Å². The van der Waals surface area contributed by atoms with Gasteiger partial charge in [-0.3, -0.25) is 0 Å². The minimum Gasteiger partial charge on any atom is -0.495 e. The third-order valence-corrected chi connectivity index (χ3v) is 2.79. The molecule has 1 unspecified atom stereocenters. The molecule has 0 amide bonds. The van der Waals surface area contributed by atoms with Gasteiger partial charge >= 0.3 is 0 Å². The zero-order valence-corrected chi connectivity index (χ0v) is 10.8. The minimum atomic E-state index is 0.219. The Hall–Kier alpha value is -0.930. The smallest absolute Gasteiger partial charge is 0.137 e. The van der Waals surface area contributed by atoms with Crippen molar-refractivity contribution in [2.75, 3.05) is 25.6 Å². The van der Waals surface area contributed by atoms with Crippen molar-refractivity contribution in [2.24, 2.45) is 5.73 Å². The van der Waals surface area contributed by atoms with Crippen LogP contribution in [0.25, 0.3) is 0 Å². The second kappa shape index (κ2) is 5.97. The van der Waals surface area contributed by atoms with Crippen LogP contribution in [0.5, 0.6) is 5.75 Å². The van der Waals surface area contributed by atoms with E-state index in [-0.39, 0.29) is 6.04 Å². The third kappa shape index (κ3) is 3.58. The molecule has 2 N–H and O–H groups in total. The van der Waals surface area contributed by atoms with Crippen molar-refractivity contribution in [3.63, 3.8) is 0 Å². The first-order chi connectivity index (χ1) is 7.54. The van der Waals surface area contributed by atoms with Crippen molar-refractivity contribution in [1.82, 2.24) is 0 Å². The predicted molar refractivity (Wildman–Crippen MR) is 69.5 cm³/mol. The van der Waals surface area contributed by atoms with Gasteiger partial charge in [0.25, 0.3) is 0 Å². The summed E-state index contributed by atoms with van der Waals surface area (Å²) in [5.41, 5.74) is 6.80. The van der Waals surface area contributed by atoms with Gasteiger partial charge < -0.3 is 15.4 Å². The fourth-order valence-corrected chi connectivity index (χ4v) is 1.67. The number of halogens is 1. The maximum atomic E-state index is 6.06. The molecule has 0 aliphatic heterocycles. The highest BCUT2D eigenvalue weighted by Gasteiger charge is 2.06. The van der Waals surface area contributed by atoms with Gasteiger partial charge in [0.2, 0.25) is 0 Å². The van der Waals surface area contributed by atoms with E-state index in [0.29, 0.717) is 10.8 Å². The average Bonchev–Trinajstić information content (AvgIpc) is 2.25. The second-order valence-corrected chi connectivity index (χ2v) is 4.41. The lowest BCUT2D eigenvalue weighted by atomic mass is 10.2. The van der Waals surface area contributed by atoms with Gasteiger partial charge in [0.15, 0.2) is 0 Å². The van der Waals surface area contributed by atoms with Crippen LogP contribution in [0, 0.1) is 0 Å². The lowest BCUT2D eigenvalue weighted by Gasteiger charge is -2.21. The van der Waals surface area contributed by atoms with Crippen molar-refractivity contribution >= 4 is 17.3 Å². The number of hydrogen-bond donors (Lipinski definition) is 1. The Morgan fingerprint density at radius 1 is 1.50 bits per heavy atom. The summed E-state index contributed by atoms with van der Waals surface area (Å²) < 4.78 is 5.11. The third-order valence-electron chi connectivity index (χ3n) is 2.50. The first-order valence-corrected chi connectivity index (χ1v) is 5.72. The maximum Gasteiger partial charge on any atom is 0.137 e. The number of nitrogens with two attached hydrogens (primary N) is 1. The van der Waals surface area contributed by atoms with Crippen LogP contribution in [-0.4, -0.2) is 26.7 Å². The van der Waals surface area contributed by atoms with E-state index in [1.807, 2.05) is 32.2 Å². The van der Waals surface area contributed by atoms with E-state index in [4.69, 9.17) is 22.1 Å². The molecular weight excluding hydrogens is 224 g/mol. The topological polar surface area (TPSA) is 38.5 Å². The Bertz CT molecular complexity index is 342. The zero-order chi connectivity index (χ0) is 12.1. The molecule has 90 valence electrons. The van der Waals surface area contributed by atoms with Crippen LogP contribution in [0.15, 0.2) is 18.2 Å². The van der Waals surface area contributed by atoms with Gasteiger partial charge in [0.1, 0.15) is 5.75 Å². The first kappa shape index (κ1) is 13.1. The van der Waals surface area contributed by atoms with Crippen molar-refractivity contribution in [1.29, 1.82) is 0 Å². The molecule has 0 spiro atoms. The predicted octanol–water partition coefficient (Wildman–Crippen LogP) is 2.52. The minimum absolute atomic E-state index is 0.219. The summed E-state index contributed by atoms with van der Waals surface area (Å²) in [4.78, 5) is 2.13. The molecular formula is C12H19ClN2O. The molecule has 1 atom stereocenters.